The third-order valence-corrected chi connectivity index (χ3v) is 7.08. The number of carbonyl (C=O) groups is 1. The highest BCUT2D eigenvalue weighted by molar-refractivity contribution is 14.0. The van der Waals surface area contributed by atoms with Gasteiger partial charge in [-0.3, -0.25) is 14.7 Å². The Kier molecular flexibility index (Phi) is 10.6. The van der Waals surface area contributed by atoms with Gasteiger partial charge in [0.05, 0.1) is 18.8 Å². The number of hydrogen-bond acceptors (Lipinski definition) is 5. The van der Waals surface area contributed by atoms with Crippen LogP contribution in [-0.4, -0.2) is 94.2 Å². The minimum Gasteiger partial charge on any atom is -0.357 e. The summed E-state index contributed by atoms with van der Waals surface area (Å²) < 4.78 is 27.0. The summed E-state index contributed by atoms with van der Waals surface area (Å²) in [7, 11) is -3.28. The van der Waals surface area contributed by atoms with Crippen molar-refractivity contribution in [2.45, 2.75) is 45.1 Å². The Morgan fingerprint density at radius 1 is 1.10 bits per heavy atom. The first kappa shape index (κ1) is 25.6. The van der Waals surface area contributed by atoms with Crippen molar-refractivity contribution in [1.29, 1.82) is 0 Å². The normalized spacial score (nSPS) is 21.0. The second-order valence-corrected chi connectivity index (χ2v) is 10.2. The van der Waals surface area contributed by atoms with E-state index in [0.717, 1.165) is 64.4 Å². The molecule has 0 spiro atoms. The maximum Gasteiger partial charge on any atom is 0.234 e. The topological polar surface area (TPSA) is 106 Å². The first-order valence-corrected chi connectivity index (χ1v) is 12.6. The molecule has 0 aromatic carbocycles. The van der Waals surface area contributed by atoms with Gasteiger partial charge in [0.1, 0.15) is 0 Å². The van der Waals surface area contributed by atoms with E-state index in [1.807, 2.05) is 6.92 Å². The van der Waals surface area contributed by atoms with Crippen LogP contribution in [0, 0.1) is 5.92 Å². The third kappa shape index (κ3) is 8.83. The van der Waals surface area contributed by atoms with E-state index in [9.17, 15) is 13.2 Å². The zero-order valence-electron chi connectivity index (χ0n) is 17.9. The van der Waals surface area contributed by atoms with E-state index in [2.05, 4.69) is 30.1 Å². The molecule has 0 bridgehead atoms. The second kappa shape index (κ2) is 12.4. The molecule has 0 unspecified atom stereocenters. The van der Waals surface area contributed by atoms with Crippen molar-refractivity contribution in [3.05, 3.63) is 0 Å². The van der Waals surface area contributed by atoms with E-state index in [4.69, 9.17) is 0 Å². The van der Waals surface area contributed by atoms with Crippen LogP contribution in [0.25, 0.3) is 0 Å². The van der Waals surface area contributed by atoms with Crippen molar-refractivity contribution in [2.75, 3.05) is 58.1 Å². The van der Waals surface area contributed by atoms with Crippen molar-refractivity contribution in [2.24, 2.45) is 10.9 Å². The fourth-order valence-corrected chi connectivity index (χ4v) is 4.50. The number of carbonyl (C=O) groups excluding carboxylic acids is 1. The molecule has 1 saturated heterocycles. The molecule has 9 nitrogen and oxygen atoms in total. The summed E-state index contributed by atoms with van der Waals surface area (Å²) in [6, 6.07) is 0.399. The predicted octanol–water partition coefficient (Wildman–Crippen LogP) is 0.186. The molecule has 0 aromatic rings. The van der Waals surface area contributed by atoms with Gasteiger partial charge in [0, 0.05) is 45.3 Å². The van der Waals surface area contributed by atoms with Gasteiger partial charge in [-0.25, -0.2) is 13.1 Å². The van der Waals surface area contributed by atoms with Crippen LogP contribution in [0.3, 0.4) is 0 Å². The molecule has 1 heterocycles. The lowest BCUT2D eigenvalue weighted by molar-refractivity contribution is -0.122. The zero-order chi connectivity index (χ0) is 20.7. The van der Waals surface area contributed by atoms with Gasteiger partial charge in [0.25, 0.3) is 0 Å². The number of rotatable bonds is 10. The second-order valence-electron chi connectivity index (χ2n) is 8.30. The number of hydrogen-bond donors (Lipinski definition) is 3. The van der Waals surface area contributed by atoms with Crippen molar-refractivity contribution < 1.29 is 13.2 Å². The van der Waals surface area contributed by atoms with Gasteiger partial charge in [-0.1, -0.05) is 6.42 Å². The molecule has 1 aliphatic heterocycles. The molecule has 2 saturated carbocycles. The molecular formula is C19H37IN6O3S. The SMILES string of the molecule is CCNC(=NCCS(=O)(=O)NCC1CCC1)N1CCN(CC(=O)NC2CC2)CC1.I. The molecule has 0 atom stereocenters. The predicted molar refractivity (Wildman–Crippen MR) is 130 cm³/mol. The van der Waals surface area contributed by atoms with Crippen LogP contribution in [-0.2, 0) is 14.8 Å². The largest absolute Gasteiger partial charge is 0.357 e. The van der Waals surface area contributed by atoms with Gasteiger partial charge in [-0.15, -0.1) is 24.0 Å². The van der Waals surface area contributed by atoms with E-state index < -0.39 is 10.0 Å². The van der Waals surface area contributed by atoms with Gasteiger partial charge in [-0.05, 0) is 38.5 Å². The number of aliphatic imine (C=N–C) groups is 1. The Labute approximate surface area is 197 Å². The van der Waals surface area contributed by atoms with Gasteiger partial charge in [0.2, 0.25) is 15.9 Å². The Morgan fingerprint density at radius 3 is 2.37 bits per heavy atom. The van der Waals surface area contributed by atoms with Crippen LogP contribution >= 0.6 is 24.0 Å². The summed E-state index contributed by atoms with van der Waals surface area (Å²) in [6.07, 6.45) is 5.67. The molecule has 30 heavy (non-hydrogen) atoms. The summed E-state index contributed by atoms with van der Waals surface area (Å²) in [6.45, 7) is 7.12. The molecule has 3 aliphatic rings. The number of nitrogens with one attached hydrogen (secondary N) is 3. The molecule has 3 fully saturated rings. The molecule has 3 rings (SSSR count). The van der Waals surface area contributed by atoms with E-state index in [1.54, 1.807) is 0 Å². The Hall–Kier alpha value is -0.660. The molecule has 3 N–H and O–H groups in total. The Morgan fingerprint density at radius 2 is 1.80 bits per heavy atom. The lowest BCUT2D eigenvalue weighted by atomic mass is 9.86. The van der Waals surface area contributed by atoms with Crippen LogP contribution in [0.2, 0.25) is 0 Å². The van der Waals surface area contributed by atoms with Crippen LogP contribution in [0.15, 0.2) is 4.99 Å². The van der Waals surface area contributed by atoms with E-state index in [1.165, 1.54) is 6.42 Å². The van der Waals surface area contributed by atoms with E-state index >= 15 is 0 Å². The quantitative estimate of drug-likeness (QED) is 0.202. The van der Waals surface area contributed by atoms with Crippen molar-refractivity contribution in [1.82, 2.24) is 25.2 Å². The first-order valence-electron chi connectivity index (χ1n) is 11.0. The highest BCUT2D eigenvalue weighted by atomic mass is 127. The summed E-state index contributed by atoms with van der Waals surface area (Å²) >= 11 is 0. The fraction of sp³-hybridized carbons (Fsp3) is 0.895. The van der Waals surface area contributed by atoms with E-state index in [-0.39, 0.29) is 42.2 Å². The molecule has 2 aliphatic carbocycles. The number of guanidine groups is 1. The van der Waals surface area contributed by atoms with Crippen LogP contribution in [0.1, 0.15) is 39.0 Å². The third-order valence-electron chi connectivity index (χ3n) is 5.75. The molecular weight excluding hydrogens is 519 g/mol. The zero-order valence-corrected chi connectivity index (χ0v) is 21.1. The average molecular weight is 557 g/mol. The van der Waals surface area contributed by atoms with Crippen LogP contribution < -0.4 is 15.4 Å². The lowest BCUT2D eigenvalue weighted by Gasteiger charge is -2.36. The van der Waals surface area contributed by atoms with E-state index in [0.29, 0.717) is 25.0 Å². The van der Waals surface area contributed by atoms with Crippen LogP contribution in [0.5, 0.6) is 0 Å². The monoisotopic (exact) mass is 556 g/mol. The smallest absolute Gasteiger partial charge is 0.234 e. The van der Waals surface area contributed by atoms with Gasteiger partial charge >= 0.3 is 0 Å². The van der Waals surface area contributed by atoms with Gasteiger partial charge < -0.3 is 15.5 Å². The van der Waals surface area contributed by atoms with Crippen molar-refractivity contribution >= 4 is 45.9 Å². The fourth-order valence-electron chi connectivity index (χ4n) is 3.53. The number of halogens is 1. The maximum atomic E-state index is 12.2. The molecule has 11 heteroatoms. The summed E-state index contributed by atoms with van der Waals surface area (Å²) in [5, 5.41) is 6.29. The number of piperazine rings is 1. The first-order chi connectivity index (χ1) is 13.9. The van der Waals surface area contributed by atoms with Crippen molar-refractivity contribution in [3.8, 4) is 0 Å². The summed E-state index contributed by atoms with van der Waals surface area (Å²) in [5.74, 6) is 1.38. The van der Waals surface area contributed by atoms with Crippen LogP contribution in [0.4, 0.5) is 0 Å². The van der Waals surface area contributed by atoms with Gasteiger partial charge in [0.15, 0.2) is 5.96 Å². The number of amides is 1. The minimum absolute atomic E-state index is 0. The Bertz CT molecular complexity index is 674. The molecule has 174 valence electrons. The highest BCUT2D eigenvalue weighted by Gasteiger charge is 2.26. The lowest BCUT2D eigenvalue weighted by Crippen LogP contribution is -2.54. The number of sulfonamides is 1. The minimum atomic E-state index is -3.28. The maximum absolute atomic E-state index is 12.2. The van der Waals surface area contributed by atoms with Crippen molar-refractivity contribution in [3.63, 3.8) is 0 Å². The summed E-state index contributed by atoms with van der Waals surface area (Å²) in [4.78, 5) is 20.8. The number of nitrogens with zero attached hydrogens (tertiary/aromatic N) is 3. The molecule has 0 aromatic heterocycles. The molecule has 1 amide bonds. The Balaban J connectivity index is 0.00000320. The average Bonchev–Trinajstić information content (AvgIpc) is 3.44. The highest BCUT2D eigenvalue weighted by Crippen LogP contribution is 2.25. The van der Waals surface area contributed by atoms with Gasteiger partial charge in [-0.2, -0.15) is 0 Å². The molecule has 0 radical (unpaired) electrons. The summed E-state index contributed by atoms with van der Waals surface area (Å²) in [5.41, 5.74) is 0. The standard InChI is InChI=1S/C19H36N6O3S.HI/c1-2-20-19(21-8-13-29(27,28)22-14-16-4-3-5-16)25-11-9-24(10-12-25)15-18(26)23-17-6-7-17;/h16-17,22H,2-15H2,1H3,(H,20,21)(H,23,26);1H.